The molecular weight excluding hydrogens is 172 g/mol. The lowest BCUT2D eigenvalue weighted by molar-refractivity contribution is -0.141. The van der Waals surface area contributed by atoms with E-state index < -0.39 is 0 Å². The van der Waals surface area contributed by atoms with Crippen LogP contribution >= 0.6 is 0 Å². The summed E-state index contributed by atoms with van der Waals surface area (Å²) in [7, 11) is 1.40. The van der Waals surface area contributed by atoms with Crippen LogP contribution in [0.5, 0.6) is 0 Å². The summed E-state index contributed by atoms with van der Waals surface area (Å²) in [6.45, 7) is 5.59. The van der Waals surface area contributed by atoms with E-state index in [2.05, 4.69) is 9.47 Å². The Morgan fingerprint density at radius 1 is 1.23 bits per heavy atom. The Labute approximate surface area is 79.2 Å². The van der Waals surface area contributed by atoms with Crippen LogP contribution in [0.2, 0.25) is 0 Å². The molecule has 0 saturated heterocycles. The minimum Gasteiger partial charge on any atom is -0.469 e. The third-order valence-corrected chi connectivity index (χ3v) is 1.03. The van der Waals surface area contributed by atoms with Crippen molar-refractivity contribution < 1.29 is 19.1 Å². The molecule has 0 aromatic rings. The van der Waals surface area contributed by atoms with Crippen molar-refractivity contribution in [1.29, 1.82) is 0 Å². The lowest BCUT2D eigenvalue weighted by Gasteiger charge is -1.91. The van der Waals surface area contributed by atoms with E-state index in [1.807, 2.05) is 6.92 Å². The van der Waals surface area contributed by atoms with Crippen LogP contribution < -0.4 is 0 Å². The zero-order valence-electron chi connectivity index (χ0n) is 8.75. The number of carbonyl (C=O) groups is 2. The van der Waals surface area contributed by atoms with Gasteiger partial charge in [-0.05, 0) is 13.3 Å². The SMILES string of the molecule is CCCC(=O)OC.CCOC(C)=O. The molecule has 0 aromatic heterocycles. The Kier molecular flexibility index (Phi) is 12.2. The van der Waals surface area contributed by atoms with E-state index in [-0.39, 0.29) is 11.9 Å². The van der Waals surface area contributed by atoms with Crippen molar-refractivity contribution >= 4 is 11.9 Å². The molecule has 0 spiro atoms. The second-order valence-corrected chi connectivity index (χ2v) is 2.25. The maximum atomic E-state index is 10.2. The van der Waals surface area contributed by atoms with Crippen LogP contribution in [0.1, 0.15) is 33.6 Å². The van der Waals surface area contributed by atoms with Crippen molar-refractivity contribution in [3.8, 4) is 0 Å². The second kappa shape index (κ2) is 10.9. The maximum Gasteiger partial charge on any atom is 0.305 e. The van der Waals surface area contributed by atoms with Gasteiger partial charge in [-0.3, -0.25) is 9.59 Å². The molecule has 0 heterocycles. The average molecular weight is 190 g/mol. The molecule has 0 fully saturated rings. The second-order valence-electron chi connectivity index (χ2n) is 2.25. The summed E-state index contributed by atoms with van der Waals surface area (Å²) in [5.74, 6) is -0.333. The molecule has 0 aliphatic rings. The first kappa shape index (κ1) is 14.5. The normalized spacial score (nSPS) is 8.00. The van der Waals surface area contributed by atoms with E-state index in [4.69, 9.17) is 0 Å². The van der Waals surface area contributed by atoms with Crippen molar-refractivity contribution in [3.05, 3.63) is 0 Å². The molecule has 0 amide bonds. The van der Waals surface area contributed by atoms with Crippen LogP contribution in [0.25, 0.3) is 0 Å². The largest absolute Gasteiger partial charge is 0.469 e. The summed E-state index contributed by atoms with van der Waals surface area (Å²) >= 11 is 0. The molecule has 4 nitrogen and oxygen atoms in total. The maximum absolute atomic E-state index is 10.2. The summed E-state index contributed by atoms with van der Waals surface area (Å²) in [5, 5.41) is 0. The van der Waals surface area contributed by atoms with Crippen LogP contribution in [-0.4, -0.2) is 25.7 Å². The fraction of sp³-hybridized carbons (Fsp3) is 0.778. The molecule has 0 aliphatic carbocycles. The van der Waals surface area contributed by atoms with Gasteiger partial charge in [0, 0.05) is 13.3 Å². The van der Waals surface area contributed by atoms with Gasteiger partial charge in [-0.15, -0.1) is 0 Å². The van der Waals surface area contributed by atoms with Gasteiger partial charge < -0.3 is 9.47 Å². The highest BCUT2D eigenvalue weighted by Crippen LogP contribution is 1.86. The first-order chi connectivity index (χ1) is 6.08. The molecule has 13 heavy (non-hydrogen) atoms. The fourth-order valence-electron chi connectivity index (χ4n) is 0.509. The number of hydrogen-bond acceptors (Lipinski definition) is 4. The Bertz CT molecular complexity index is 143. The molecule has 0 rings (SSSR count). The molecule has 0 atom stereocenters. The number of rotatable bonds is 3. The van der Waals surface area contributed by atoms with Crippen LogP contribution in [0.3, 0.4) is 0 Å². The van der Waals surface area contributed by atoms with Crippen LogP contribution in [-0.2, 0) is 19.1 Å². The van der Waals surface area contributed by atoms with Crippen LogP contribution in [0, 0.1) is 0 Å². The summed E-state index contributed by atoms with van der Waals surface area (Å²) in [6, 6.07) is 0. The van der Waals surface area contributed by atoms with E-state index >= 15 is 0 Å². The van der Waals surface area contributed by atoms with Gasteiger partial charge in [-0.1, -0.05) is 6.92 Å². The molecule has 78 valence electrons. The molecule has 0 bridgehead atoms. The van der Waals surface area contributed by atoms with Gasteiger partial charge in [-0.25, -0.2) is 0 Å². The number of methoxy groups -OCH3 is 1. The predicted octanol–water partition coefficient (Wildman–Crippen LogP) is 1.53. The van der Waals surface area contributed by atoms with E-state index in [9.17, 15) is 9.59 Å². The van der Waals surface area contributed by atoms with Gasteiger partial charge >= 0.3 is 11.9 Å². The Hall–Kier alpha value is -1.06. The Morgan fingerprint density at radius 3 is 1.85 bits per heavy atom. The Balaban J connectivity index is 0. The molecule has 0 saturated carbocycles. The molecule has 0 aliphatic heterocycles. The van der Waals surface area contributed by atoms with E-state index in [0.717, 1.165) is 6.42 Å². The van der Waals surface area contributed by atoms with Gasteiger partial charge in [-0.2, -0.15) is 0 Å². The topological polar surface area (TPSA) is 52.6 Å². The highest BCUT2D eigenvalue weighted by molar-refractivity contribution is 5.68. The van der Waals surface area contributed by atoms with Gasteiger partial charge in [0.2, 0.25) is 0 Å². The summed E-state index contributed by atoms with van der Waals surface area (Å²) in [4.78, 5) is 20.0. The predicted molar refractivity (Wildman–Crippen MR) is 49.2 cm³/mol. The smallest absolute Gasteiger partial charge is 0.305 e. The minimum atomic E-state index is -0.211. The summed E-state index contributed by atoms with van der Waals surface area (Å²) < 4.78 is 8.75. The average Bonchev–Trinajstić information content (AvgIpc) is 2.05. The zero-order chi connectivity index (χ0) is 10.7. The van der Waals surface area contributed by atoms with E-state index in [1.54, 1.807) is 6.92 Å². The first-order valence-corrected chi connectivity index (χ1v) is 4.28. The van der Waals surface area contributed by atoms with E-state index in [1.165, 1.54) is 14.0 Å². The lowest BCUT2D eigenvalue weighted by Crippen LogP contribution is -1.97. The standard InChI is InChI=1S/C5H10O2.C4H8O2/c1-3-4-5(6)7-2;1-3-6-4(2)5/h3-4H2,1-2H3;3H2,1-2H3. The summed E-state index contributed by atoms with van der Waals surface area (Å²) in [5.41, 5.74) is 0. The molecule has 0 radical (unpaired) electrons. The van der Waals surface area contributed by atoms with Gasteiger partial charge in [0.05, 0.1) is 13.7 Å². The number of esters is 2. The first-order valence-electron chi connectivity index (χ1n) is 4.28. The third-order valence-electron chi connectivity index (χ3n) is 1.03. The molecular formula is C9H18O4. The summed E-state index contributed by atoms with van der Waals surface area (Å²) in [6.07, 6.45) is 1.41. The number of carbonyl (C=O) groups excluding carboxylic acids is 2. The van der Waals surface area contributed by atoms with Crippen molar-refractivity contribution in [2.75, 3.05) is 13.7 Å². The van der Waals surface area contributed by atoms with Crippen molar-refractivity contribution in [1.82, 2.24) is 0 Å². The van der Waals surface area contributed by atoms with Gasteiger partial charge in [0.1, 0.15) is 0 Å². The molecule has 0 N–H and O–H groups in total. The molecule has 0 aromatic carbocycles. The highest BCUT2D eigenvalue weighted by Gasteiger charge is 1.92. The van der Waals surface area contributed by atoms with Crippen molar-refractivity contribution in [3.63, 3.8) is 0 Å². The number of hydrogen-bond donors (Lipinski definition) is 0. The van der Waals surface area contributed by atoms with Crippen LogP contribution in [0.15, 0.2) is 0 Å². The zero-order valence-corrected chi connectivity index (χ0v) is 8.75. The highest BCUT2D eigenvalue weighted by atomic mass is 16.5. The lowest BCUT2D eigenvalue weighted by atomic mass is 10.3. The van der Waals surface area contributed by atoms with E-state index in [0.29, 0.717) is 13.0 Å². The monoisotopic (exact) mass is 190 g/mol. The minimum absolute atomic E-state index is 0.123. The van der Waals surface area contributed by atoms with Crippen molar-refractivity contribution in [2.24, 2.45) is 0 Å². The Morgan fingerprint density at radius 2 is 1.77 bits per heavy atom. The van der Waals surface area contributed by atoms with Gasteiger partial charge in [0.25, 0.3) is 0 Å². The third kappa shape index (κ3) is 18.2. The molecule has 0 unspecified atom stereocenters. The van der Waals surface area contributed by atoms with Crippen LogP contribution in [0.4, 0.5) is 0 Å². The van der Waals surface area contributed by atoms with Crippen molar-refractivity contribution in [2.45, 2.75) is 33.6 Å². The fourth-order valence-corrected chi connectivity index (χ4v) is 0.509. The van der Waals surface area contributed by atoms with Gasteiger partial charge in [0.15, 0.2) is 0 Å². The molecule has 4 heteroatoms. The number of ether oxygens (including phenoxy) is 2. The quantitative estimate of drug-likeness (QED) is 0.633.